The standard InChI is InChI=1S/C20H24FIN2O5S/c1-20(2,3)29-19(26)24(4)18-23-16(17(25)27-5)15(30-18)7-6-10-28-14-9-8-12(22)11-13(14)21/h8-9,11H,6-7,10H2,1-5H3. The largest absolute Gasteiger partial charge is 0.491 e. The van der Waals surface area contributed by atoms with E-state index in [2.05, 4.69) is 4.98 Å². The van der Waals surface area contributed by atoms with Crippen molar-refractivity contribution < 1.29 is 28.2 Å². The Morgan fingerprint density at radius 2 is 2.00 bits per heavy atom. The highest BCUT2D eigenvalue weighted by Gasteiger charge is 2.26. The van der Waals surface area contributed by atoms with Gasteiger partial charge in [0.05, 0.1) is 13.7 Å². The maximum Gasteiger partial charge on any atom is 0.416 e. The molecule has 30 heavy (non-hydrogen) atoms. The molecule has 2 rings (SSSR count). The number of rotatable bonds is 7. The molecule has 0 saturated carbocycles. The molecule has 0 radical (unpaired) electrons. The predicted octanol–water partition coefficient (Wildman–Crippen LogP) is 5.06. The Hall–Kier alpha value is -1.95. The molecule has 0 saturated heterocycles. The Bertz CT molecular complexity index is 913. The molecular weight excluding hydrogens is 526 g/mol. The lowest BCUT2D eigenvalue weighted by Crippen LogP contribution is -2.34. The smallest absolute Gasteiger partial charge is 0.416 e. The summed E-state index contributed by atoms with van der Waals surface area (Å²) in [5, 5.41) is 0.323. The molecule has 0 atom stereocenters. The lowest BCUT2D eigenvalue weighted by atomic mass is 10.2. The lowest BCUT2D eigenvalue weighted by molar-refractivity contribution is 0.0575. The zero-order valence-electron chi connectivity index (χ0n) is 17.5. The van der Waals surface area contributed by atoms with Crippen molar-refractivity contribution >= 4 is 51.1 Å². The van der Waals surface area contributed by atoms with Crippen LogP contribution in [0, 0.1) is 9.39 Å². The molecule has 0 bridgehead atoms. The van der Waals surface area contributed by atoms with Gasteiger partial charge in [0.1, 0.15) is 5.60 Å². The number of methoxy groups -OCH3 is 1. The number of anilines is 1. The first kappa shape index (κ1) is 24.3. The first-order chi connectivity index (χ1) is 14.0. The predicted molar refractivity (Wildman–Crippen MR) is 121 cm³/mol. The number of aryl methyl sites for hydroxylation is 1. The van der Waals surface area contributed by atoms with Gasteiger partial charge in [-0.2, -0.15) is 0 Å². The number of benzene rings is 1. The van der Waals surface area contributed by atoms with E-state index in [-0.39, 0.29) is 18.1 Å². The van der Waals surface area contributed by atoms with Crippen LogP contribution in [-0.4, -0.2) is 43.4 Å². The van der Waals surface area contributed by atoms with Crippen LogP contribution in [0.2, 0.25) is 0 Å². The highest BCUT2D eigenvalue weighted by atomic mass is 127. The minimum atomic E-state index is -0.654. The second kappa shape index (κ2) is 10.4. The number of aromatic nitrogens is 1. The minimum absolute atomic E-state index is 0.147. The number of thiazole rings is 1. The van der Waals surface area contributed by atoms with Crippen molar-refractivity contribution in [1.82, 2.24) is 4.98 Å². The number of halogens is 2. The fraction of sp³-hybridized carbons (Fsp3) is 0.450. The molecule has 1 heterocycles. The van der Waals surface area contributed by atoms with Crippen LogP contribution < -0.4 is 9.64 Å². The second-order valence-corrected chi connectivity index (χ2v) is 9.63. The first-order valence-corrected chi connectivity index (χ1v) is 11.0. The van der Waals surface area contributed by atoms with Crippen LogP contribution in [0.1, 0.15) is 42.6 Å². The molecule has 0 N–H and O–H groups in total. The van der Waals surface area contributed by atoms with Crippen molar-refractivity contribution in [2.45, 2.75) is 39.2 Å². The fourth-order valence-electron chi connectivity index (χ4n) is 2.32. The summed E-state index contributed by atoms with van der Waals surface area (Å²) >= 11 is 3.22. The van der Waals surface area contributed by atoms with E-state index < -0.39 is 23.5 Å². The number of nitrogens with zero attached hydrogens (tertiary/aromatic N) is 2. The molecule has 1 aromatic carbocycles. The van der Waals surface area contributed by atoms with Crippen LogP contribution in [0.25, 0.3) is 0 Å². The third-order valence-electron chi connectivity index (χ3n) is 3.72. The van der Waals surface area contributed by atoms with Gasteiger partial charge in [-0.25, -0.2) is 19.0 Å². The third-order valence-corrected chi connectivity index (χ3v) is 5.58. The summed E-state index contributed by atoms with van der Waals surface area (Å²) in [7, 11) is 2.80. The van der Waals surface area contributed by atoms with Crippen molar-refractivity contribution in [3.05, 3.63) is 38.2 Å². The summed E-state index contributed by atoms with van der Waals surface area (Å²) < 4.78 is 30.3. The number of hydrogen-bond acceptors (Lipinski definition) is 7. The molecule has 0 aliphatic carbocycles. The highest BCUT2D eigenvalue weighted by molar-refractivity contribution is 14.1. The van der Waals surface area contributed by atoms with E-state index in [1.165, 1.54) is 36.5 Å². The normalized spacial score (nSPS) is 11.2. The second-order valence-electron chi connectivity index (χ2n) is 7.33. The Kier molecular flexibility index (Phi) is 8.42. The van der Waals surface area contributed by atoms with Gasteiger partial charge >= 0.3 is 12.1 Å². The number of hydrogen-bond donors (Lipinski definition) is 0. The molecule has 10 heteroatoms. The van der Waals surface area contributed by atoms with Crippen molar-refractivity contribution in [2.75, 3.05) is 25.7 Å². The highest BCUT2D eigenvalue weighted by Crippen LogP contribution is 2.29. The molecule has 2 aromatic rings. The molecular formula is C20H24FIN2O5S. The number of carbonyl (C=O) groups excluding carboxylic acids is 2. The van der Waals surface area contributed by atoms with E-state index in [1.807, 2.05) is 22.6 Å². The Morgan fingerprint density at radius 3 is 2.60 bits per heavy atom. The number of ether oxygens (including phenoxy) is 3. The zero-order chi connectivity index (χ0) is 22.5. The minimum Gasteiger partial charge on any atom is -0.491 e. The van der Waals surface area contributed by atoms with Crippen molar-refractivity contribution in [2.24, 2.45) is 0 Å². The Morgan fingerprint density at radius 1 is 1.30 bits per heavy atom. The zero-order valence-corrected chi connectivity index (χ0v) is 20.4. The van der Waals surface area contributed by atoms with Gasteiger partial charge in [0.15, 0.2) is 22.4 Å². The van der Waals surface area contributed by atoms with Gasteiger partial charge in [-0.05, 0) is 74.4 Å². The van der Waals surface area contributed by atoms with Crippen LogP contribution in [-0.2, 0) is 15.9 Å². The van der Waals surface area contributed by atoms with Crippen LogP contribution in [0.4, 0.5) is 14.3 Å². The molecule has 0 aliphatic rings. The van der Waals surface area contributed by atoms with Gasteiger partial charge in [0, 0.05) is 15.5 Å². The first-order valence-electron chi connectivity index (χ1n) is 9.14. The van der Waals surface area contributed by atoms with Gasteiger partial charge in [-0.1, -0.05) is 0 Å². The Balaban J connectivity index is 2.07. The van der Waals surface area contributed by atoms with E-state index in [1.54, 1.807) is 32.9 Å². The van der Waals surface area contributed by atoms with Crippen LogP contribution in [0.15, 0.2) is 18.2 Å². The molecule has 7 nitrogen and oxygen atoms in total. The molecule has 1 aromatic heterocycles. The Labute approximate surface area is 192 Å². The van der Waals surface area contributed by atoms with E-state index in [9.17, 15) is 14.0 Å². The van der Waals surface area contributed by atoms with Crippen molar-refractivity contribution in [3.63, 3.8) is 0 Å². The third kappa shape index (κ3) is 6.79. The molecule has 0 fully saturated rings. The van der Waals surface area contributed by atoms with Crippen molar-refractivity contribution in [3.8, 4) is 5.75 Å². The van der Waals surface area contributed by atoms with Gasteiger partial charge in [-0.3, -0.25) is 4.90 Å². The molecule has 1 amide bonds. The van der Waals surface area contributed by atoms with Crippen molar-refractivity contribution in [1.29, 1.82) is 0 Å². The maximum absolute atomic E-state index is 13.9. The quantitative estimate of drug-likeness (QED) is 0.273. The average molecular weight is 550 g/mol. The summed E-state index contributed by atoms with van der Waals surface area (Å²) in [4.78, 5) is 30.6. The molecule has 0 aliphatic heterocycles. The van der Waals surface area contributed by atoms with Crippen LogP contribution in [0.3, 0.4) is 0 Å². The van der Waals surface area contributed by atoms with E-state index in [0.29, 0.717) is 22.9 Å². The maximum atomic E-state index is 13.9. The lowest BCUT2D eigenvalue weighted by Gasteiger charge is -2.23. The van der Waals surface area contributed by atoms with Gasteiger partial charge in [0.2, 0.25) is 0 Å². The molecule has 0 unspecified atom stereocenters. The molecule has 164 valence electrons. The summed E-state index contributed by atoms with van der Waals surface area (Å²) in [5.41, 5.74) is -0.507. The van der Waals surface area contributed by atoms with Gasteiger partial charge < -0.3 is 14.2 Å². The summed E-state index contributed by atoms with van der Waals surface area (Å²) in [6.07, 6.45) is 0.403. The van der Waals surface area contributed by atoms with Gasteiger partial charge in [0.25, 0.3) is 0 Å². The number of esters is 1. The summed E-state index contributed by atoms with van der Waals surface area (Å²) in [6, 6.07) is 4.74. The van der Waals surface area contributed by atoms with Crippen LogP contribution >= 0.6 is 33.9 Å². The topological polar surface area (TPSA) is 78.0 Å². The van der Waals surface area contributed by atoms with Crippen LogP contribution in [0.5, 0.6) is 5.75 Å². The summed E-state index contributed by atoms with van der Waals surface area (Å²) in [5.74, 6) is -0.829. The average Bonchev–Trinajstić information content (AvgIpc) is 3.08. The number of carbonyl (C=O) groups is 2. The fourth-order valence-corrected chi connectivity index (χ4v) is 3.82. The van der Waals surface area contributed by atoms with Gasteiger partial charge in [-0.15, -0.1) is 11.3 Å². The molecule has 0 spiro atoms. The van der Waals surface area contributed by atoms with E-state index in [4.69, 9.17) is 14.2 Å². The van der Waals surface area contributed by atoms with E-state index >= 15 is 0 Å². The van der Waals surface area contributed by atoms with E-state index in [0.717, 1.165) is 3.57 Å². The number of amides is 1. The summed E-state index contributed by atoms with van der Waals surface area (Å²) in [6.45, 7) is 5.56. The monoisotopic (exact) mass is 550 g/mol. The SMILES string of the molecule is COC(=O)c1nc(N(C)C(=O)OC(C)(C)C)sc1CCCOc1ccc(I)cc1F.